The minimum atomic E-state index is -4.30. The first kappa shape index (κ1) is 16.5. The summed E-state index contributed by atoms with van der Waals surface area (Å²) >= 11 is 1.16. The van der Waals surface area contributed by atoms with Crippen LogP contribution in [0.25, 0.3) is 0 Å². The van der Waals surface area contributed by atoms with Crippen molar-refractivity contribution in [2.24, 2.45) is 11.7 Å². The predicted molar refractivity (Wildman–Crippen MR) is 64.9 cm³/mol. The molecule has 1 atom stereocenters. The van der Waals surface area contributed by atoms with Crippen LogP contribution in [0.3, 0.4) is 0 Å². The van der Waals surface area contributed by atoms with E-state index in [-0.39, 0.29) is 29.4 Å². The van der Waals surface area contributed by atoms with Gasteiger partial charge in [0.2, 0.25) is 0 Å². The molecule has 0 aliphatic heterocycles. The van der Waals surface area contributed by atoms with E-state index in [1.807, 2.05) is 13.8 Å². The average molecular weight is 290 g/mol. The van der Waals surface area contributed by atoms with Crippen molar-refractivity contribution in [3.05, 3.63) is 17.0 Å². The van der Waals surface area contributed by atoms with E-state index in [4.69, 9.17) is 5.73 Å². The molecule has 1 heterocycles. The maximum absolute atomic E-state index is 11.9. The number of halogens is 4. The van der Waals surface area contributed by atoms with Crippen LogP contribution in [-0.2, 0) is 0 Å². The fourth-order valence-corrected chi connectivity index (χ4v) is 2.10. The highest BCUT2D eigenvalue weighted by Crippen LogP contribution is 2.32. The Morgan fingerprint density at radius 2 is 1.94 bits per heavy atom. The molecule has 0 radical (unpaired) electrons. The van der Waals surface area contributed by atoms with Crippen LogP contribution >= 0.6 is 23.7 Å². The van der Waals surface area contributed by atoms with Crippen LogP contribution in [0.15, 0.2) is 12.1 Å². The molecule has 1 aromatic rings. The lowest BCUT2D eigenvalue weighted by Crippen LogP contribution is -2.18. The second kappa shape index (κ2) is 6.47. The number of thiophene rings is 1. The summed E-state index contributed by atoms with van der Waals surface area (Å²) in [7, 11) is 0. The molecule has 17 heavy (non-hydrogen) atoms. The van der Waals surface area contributed by atoms with Crippen molar-refractivity contribution in [2.75, 3.05) is 6.61 Å². The summed E-state index contributed by atoms with van der Waals surface area (Å²) in [5.41, 5.74) is 5.87. The second-order valence-corrected chi connectivity index (χ2v) is 4.91. The van der Waals surface area contributed by atoms with Gasteiger partial charge in [0.15, 0.2) is 11.7 Å². The summed E-state index contributed by atoms with van der Waals surface area (Å²) in [5, 5.41) is 0.253. The zero-order chi connectivity index (χ0) is 12.3. The number of ether oxygens (including phenoxy) is 1. The molecule has 1 rings (SSSR count). The number of alkyl halides is 3. The van der Waals surface area contributed by atoms with Crippen LogP contribution in [0.1, 0.15) is 24.8 Å². The monoisotopic (exact) mass is 289 g/mol. The molecule has 0 saturated heterocycles. The van der Waals surface area contributed by atoms with Gasteiger partial charge < -0.3 is 10.5 Å². The van der Waals surface area contributed by atoms with Gasteiger partial charge in [-0.05, 0) is 18.1 Å². The zero-order valence-corrected chi connectivity index (χ0v) is 11.1. The molecule has 0 aliphatic carbocycles. The molecule has 0 saturated carbocycles. The minimum Gasteiger partial charge on any atom is -0.475 e. The maximum Gasteiger partial charge on any atom is 0.422 e. The molecule has 0 spiro atoms. The van der Waals surface area contributed by atoms with Crippen LogP contribution in [0, 0.1) is 5.92 Å². The van der Waals surface area contributed by atoms with Crippen molar-refractivity contribution in [1.29, 1.82) is 0 Å². The van der Waals surface area contributed by atoms with Gasteiger partial charge in [0.25, 0.3) is 0 Å². The normalized spacial score (nSPS) is 13.4. The van der Waals surface area contributed by atoms with Crippen LogP contribution in [0.4, 0.5) is 13.2 Å². The van der Waals surface area contributed by atoms with Crippen molar-refractivity contribution in [2.45, 2.75) is 26.1 Å². The molecule has 0 fully saturated rings. The predicted octanol–water partition coefficient (Wildman–Crippen LogP) is 3.77. The molecule has 0 bridgehead atoms. The molecule has 0 amide bonds. The summed E-state index contributed by atoms with van der Waals surface area (Å²) in [6.45, 7) is 2.66. The van der Waals surface area contributed by atoms with E-state index in [0.29, 0.717) is 0 Å². The molecule has 0 unspecified atom stereocenters. The van der Waals surface area contributed by atoms with E-state index in [1.54, 1.807) is 6.07 Å². The standard InChI is InChI=1S/C10H14F3NOS.ClH/c1-6(2)9(14)7-3-4-8(16-7)15-5-10(11,12)13;/h3-4,6,9H,5,14H2,1-2H3;1H/t9-;/m1./s1. The topological polar surface area (TPSA) is 35.2 Å². The Labute approximate surface area is 108 Å². The maximum atomic E-state index is 11.9. The van der Waals surface area contributed by atoms with E-state index >= 15 is 0 Å². The van der Waals surface area contributed by atoms with Crippen molar-refractivity contribution in [3.63, 3.8) is 0 Å². The molecule has 100 valence electrons. The van der Waals surface area contributed by atoms with E-state index in [2.05, 4.69) is 4.74 Å². The first-order valence-electron chi connectivity index (χ1n) is 4.84. The van der Waals surface area contributed by atoms with Crippen molar-refractivity contribution >= 4 is 23.7 Å². The van der Waals surface area contributed by atoms with Gasteiger partial charge in [-0.15, -0.1) is 23.7 Å². The Hall–Kier alpha value is -0.460. The highest BCUT2D eigenvalue weighted by atomic mass is 35.5. The quantitative estimate of drug-likeness (QED) is 0.916. The van der Waals surface area contributed by atoms with Gasteiger partial charge in [-0.1, -0.05) is 13.8 Å². The van der Waals surface area contributed by atoms with Gasteiger partial charge in [-0.25, -0.2) is 0 Å². The van der Waals surface area contributed by atoms with Crippen LogP contribution in [0.5, 0.6) is 5.06 Å². The van der Waals surface area contributed by atoms with E-state index in [9.17, 15) is 13.2 Å². The summed E-state index contributed by atoms with van der Waals surface area (Å²) in [6.07, 6.45) is -4.30. The van der Waals surface area contributed by atoms with E-state index in [1.165, 1.54) is 6.07 Å². The van der Waals surface area contributed by atoms with Crippen molar-refractivity contribution < 1.29 is 17.9 Å². The Kier molecular flexibility index (Phi) is 6.29. The molecule has 0 aromatic carbocycles. The first-order valence-corrected chi connectivity index (χ1v) is 5.66. The molecular formula is C10H15ClF3NOS. The van der Waals surface area contributed by atoms with Gasteiger partial charge >= 0.3 is 6.18 Å². The SMILES string of the molecule is CC(C)[C@@H](N)c1ccc(OCC(F)(F)F)s1.Cl. The van der Waals surface area contributed by atoms with Crippen LogP contribution in [-0.4, -0.2) is 12.8 Å². The number of rotatable bonds is 4. The van der Waals surface area contributed by atoms with Crippen LogP contribution < -0.4 is 10.5 Å². The van der Waals surface area contributed by atoms with E-state index < -0.39 is 12.8 Å². The Morgan fingerprint density at radius 1 is 1.35 bits per heavy atom. The fourth-order valence-electron chi connectivity index (χ4n) is 1.07. The van der Waals surface area contributed by atoms with Gasteiger partial charge in [0, 0.05) is 10.9 Å². The number of hydrogen-bond acceptors (Lipinski definition) is 3. The lowest BCUT2D eigenvalue weighted by Gasteiger charge is -2.12. The Bertz CT molecular complexity index is 341. The molecular weight excluding hydrogens is 275 g/mol. The largest absolute Gasteiger partial charge is 0.475 e. The zero-order valence-electron chi connectivity index (χ0n) is 9.45. The summed E-state index contributed by atoms with van der Waals surface area (Å²) < 4.78 is 40.3. The Balaban J connectivity index is 0.00000256. The summed E-state index contributed by atoms with van der Waals surface area (Å²) in [4.78, 5) is 0.840. The smallest absolute Gasteiger partial charge is 0.422 e. The number of nitrogens with two attached hydrogens (primary N) is 1. The third kappa shape index (κ3) is 5.61. The number of hydrogen-bond donors (Lipinski definition) is 1. The van der Waals surface area contributed by atoms with Crippen molar-refractivity contribution in [3.8, 4) is 5.06 Å². The fraction of sp³-hybridized carbons (Fsp3) is 0.600. The van der Waals surface area contributed by atoms with E-state index in [0.717, 1.165) is 16.2 Å². The third-order valence-electron chi connectivity index (χ3n) is 2.03. The summed E-state index contributed by atoms with van der Waals surface area (Å²) in [6, 6.07) is 3.07. The molecule has 7 heteroatoms. The first-order chi connectivity index (χ1) is 7.29. The highest BCUT2D eigenvalue weighted by molar-refractivity contribution is 7.13. The summed E-state index contributed by atoms with van der Waals surface area (Å²) in [5.74, 6) is 0.245. The molecule has 2 nitrogen and oxygen atoms in total. The van der Waals surface area contributed by atoms with Gasteiger partial charge in [0.05, 0.1) is 0 Å². The lowest BCUT2D eigenvalue weighted by molar-refractivity contribution is -0.152. The molecule has 1 aromatic heterocycles. The van der Waals surface area contributed by atoms with Crippen molar-refractivity contribution in [1.82, 2.24) is 0 Å². The van der Waals surface area contributed by atoms with Gasteiger partial charge in [-0.2, -0.15) is 13.2 Å². The molecule has 2 N–H and O–H groups in total. The van der Waals surface area contributed by atoms with Gasteiger partial charge in [0.1, 0.15) is 0 Å². The van der Waals surface area contributed by atoms with Crippen LogP contribution in [0.2, 0.25) is 0 Å². The van der Waals surface area contributed by atoms with Gasteiger partial charge in [-0.3, -0.25) is 0 Å². The highest BCUT2D eigenvalue weighted by Gasteiger charge is 2.28. The second-order valence-electron chi connectivity index (χ2n) is 3.83. The molecule has 0 aliphatic rings. The lowest BCUT2D eigenvalue weighted by atomic mass is 10.0. The third-order valence-corrected chi connectivity index (χ3v) is 3.13. The average Bonchev–Trinajstić information content (AvgIpc) is 2.60. The Morgan fingerprint density at radius 3 is 2.41 bits per heavy atom. The minimum absolute atomic E-state index is 0.